The van der Waals surface area contributed by atoms with Crippen molar-refractivity contribution in [1.29, 1.82) is 0 Å². The molecule has 3 rings (SSSR count). The zero-order chi connectivity index (χ0) is 21.5. The maximum absolute atomic E-state index is 12.4. The van der Waals surface area contributed by atoms with Gasteiger partial charge >= 0.3 is 5.97 Å². The summed E-state index contributed by atoms with van der Waals surface area (Å²) in [6, 6.07) is 14.4. The summed E-state index contributed by atoms with van der Waals surface area (Å²) < 4.78 is 6.89. The van der Waals surface area contributed by atoms with Gasteiger partial charge in [0.15, 0.2) is 5.01 Å². The van der Waals surface area contributed by atoms with E-state index >= 15 is 0 Å². The minimum Gasteiger partial charge on any atom is -0.491 e. The molecule has 30 heavy (non-hydrogen) atoms. The molecule has 154 valence electrons. The topological polar surface area (TPSA) is 109 Å². The van der Waals surface area contributed by atoms with Crippen LogP contribution in [0.4, 0.5) is 16.4 Å². The molecule has 1 aromatic heterocycles. The third-order valence-electron chi connectivity index (χ3n) is 3.49. The molecule has 3 aromatic rings. The number of azo groups is 1. The number of nitrogens with one attached hydrogen (secondary N) is 1. The fraction of sp³-hybridized carbons (Fsp3) is 0.105. The van der Waals surface area contributed by atoms with Gasteiger partial charge in [0.05, 0.1) is 18.0 Å². The highest BCUT2D eigenvalue weighted by Crippen LogP contribution is 2.35. The van der Waals surface area contributed by atoms with Crippen LogP contribution in [0.1, 0.15) is 11.9 Å². The number of esters is 1. The number of hydrazone groups is 1. The maximum atomic E-state index is 12.4. The zero-order valence-electron chi connectivity index (χ0n) is 15.5. The molecule has 2 aromatic carbocycles. The van der Waals surface area contributed by atoms with Gasteiger partial charge in [-0.1, -0.05) is 43.2 Å². The molecule has 0 fully saturated rings. The third kappa shape index (κ3) is 5.94. The first kappa shape index (κ1) is 22.1. The smallest absolute Gasteiger partial charge is 0.361 e. The fourth-order valence-corrected chi connectivity index (χ4v) is 3.39. The molecule has 0 radical (unpaired) electrons. The molecule has 0 aliphatic carbocycles. The summed E-state index contributed by atoms with van der Waals surface area (Å²) in [6.45, 7) is 1.86. The van der Waals surface area contributed by atoms with Crippen molar-refractivity contribution in [3.63, 3.8) is 0 Å². The molecule has 0 aliphatic rings. The minimum absolute atomic E-state index is 0.0786. The number of rotatable bonds is 7. The lowest BCUT2D eigenvalue weighted by Gasteiger charge is -2.05. The van der Waals surface area contributed by atoms with Crippen LogP contribution in [-0.4, -0.2) is 28.4 Å². The molecule has 0 unspecified atom stereocenters. The first-order chi connectivity index (χ1) is 14.5. The Kier molecular flexibility index (Phi) is 7.66. The number of thiazole rings is 1. The molecule has 0 saturated heterocycles. The van der Waals surface area contributed by atoms with Crippen molar-refractivity contribution in [2.75, 3.05) is 12.0 Å². The summed E-state index contributed by atoms with van der Waals surface area (Å²) in [5, 5.41) is 22.7. The van der Waals surface area contributed by atoms with Crippen LogP contribution < -0.4 is 5.43 Å². The molecule has 1 heterocycles. The second kappa shape index (κ2) is 10.4. The van der Waals surface area contributed by atoms with Gasteiger partial charge in [-0.15, -0.1) is 10.2 Å². The summed E-state index contributed by atoms with van der Waals surface area (Å²) in [5.41, 5.74) is 3.98. The second-order valence-corrected chi connectivity index (χ2v) is 8.43. The van der Waals surface area contributed by atoms with Gasteiger partial charge in [-0.3, -0.25) is 5.43 Å². The molecule has 0 aliphatic heterocycles. The van der Waals surface area contributed by atoms with E-state index in [9.17, 15) is 9.90 Å². The van der Waals surface area contributed by atoms with E-state index in [1.165, 1.54) is 0 Å². The molecule has 0 saturated carbocycles. The highest BCUT2D eigenvalue weighted by Gasteiger charge is 2.22. The lowest BCUT2D eigenvalue weighted by Crippen LogP contribution is -2.20. The van der Waals surface area contributed by atoms with E-state index in [2.05, 4.69) is 57.6 Å². The molecule has 11 heteroatoms. The van der Waals surface area contributed by atoms with Crippen LogP contribution in [0.15, 0.2) is 72.8 Å². The van der Waals surface area contributed by atoms with E-state index < -0.39 is 5.97 Å². The Morgan fingerprint density at radius 2 is 1.73 bits per heavy atom. The van der Waals surface area contributed by atoms with Gasteiger partial charge in [0.2, 0.25) is 10.7 Å². The van der Waals surface area contributed by atoms with Gasteiger partial charge in [-0.2, -0.15) is 10.1 Å². The number of aromatic nitrogens is 1. The van der Waals surface area contributed by atoms with E-state index in [4.69, 9.17) is 4.74 Å². The molecule has 2 N–H and O–H groups in total. The van der Waals surface area contributed by atoms with Crippen molar-refractivity contribution in [2.24, 2.45) is 15.3 Å². The fourth-order valence-electron chi connectivity index (χ4n) is 2.11. The van der Waals surface area contributed by atoms with Gasteiger partial charge in [0.1, 0.15) is 0 Å². The summed E-state index contributed by atoms with van der Waals surface area (Å²) in [7, 11) is 0. The molecule has 0 bridgehead atoms. The quantitative estimate of drug-likeness (QED) is 0.158. The number of ether oxygens (including phenoxy) is 1. The normalized spacial score (nSPS) is 11.6. The summed E-state index contributed by atoms with van der Waals surface area (Å²) >= 11 is 7.68. The first-order valence-corrected chi connectivity index (χ1v) is 11.0. The highest BCUT2D eigenvalue weighted by atomic mass is 79.9. The molecule has 8 nitrogen and oxygen atoms in total. The molecular formula is C19H15Br2N5O3S. The number of anilines is 1. The standard InChI is InChI=1S/C19H15Br2N5O3S/c1-2-29-19(28)15(25-23-13-7-3-11(20)4-8-13)17-22-16(27)18(30-17)26-24-14-9-5-12(21)6-10-14/h3-10,23,27H,2H2,1H3/b25-15-,26-24?. The van der Waals surface area contributed by atoms with E-state index in [0.717, 1.165) is 20.3 Å². The average molecular weight is 553 g/mol. The molecular weight excluding hydrogens is 538 g/mol. The SMILES string of the molecule is CCOC(=O)/C(=N\Nc1ccc(Br)cc1)c1nc(O)c(N=Nc2ccc(Br)cc2)s1. The van der Waals surface area contributed by atoms with Crippen LogP contribution >= 0.6 is 43.2 Å². The van der Waals surface area contributed by atoms with E-state index in [1.54, 1.807) is 31.2 Å². The molecule has 0 spiro atoms. The Morgan fingerprint density at radius 3 is 2.37 bits per heavy atom. The number of hydrogen-bond acceptors (Lipinski definition) is 9. The van der Waals surface area contributed by atoms with Gasteiger partial charge in [0.25, 0.3) is 5.88 Å². The maximum Gasteiger partial charge on any atom is 0.361 e. The number of benzene rings is 2. The predicted molar refractivity (Wildman–Crippen MR) is 123 cm³/mol. The van der Waals surface area contributed by atoms with E-state index in [1.807, 2.05) is 24.3 Å². The Bertz CT molecular complexity index is 1080. The van der Waals surface area contributed by atoms with Crippen molar-refractivity contribution >= 4 is 71.3 Å². The van der Waals surface area contributed by atoms with Crippen molar-refractivity contribution in [3.05, 3.63) is 62.5 Å². The van der Waals surface area contributed by atoms with Crippen molar-refractivity contribution < 1.29 is 14.6 Å². The second-order valence-electron chi connectivity index (χ2n) is 5.62. The van der Waals surface area contributed by atoms with Crippen LogP contribution in [-0.2, 0) is 9.53 Å². The van der Waals surface area contributed by atoms with Crippen LogP contribution in [0.5, 0.6) is 5.88 Å². The van der Waals surface area contributed by atoms with Crippen LogP contribution in [0.3, 0.4) is 0 Å². The Balaban J connectivity index is 1.87. The highest BCUT2D eigenvalue weighted by molar-refractivity contribution is 9.10. The predicted octanol–water partition coefficient (Wildman–Crippen LogP) is 6.17. The van der Waals surface area contributed by atoms with Gasteiger partial charge in [0, 0.05) is 8.95 Å². The Labute approximate surface area is 193 Å². The molecule has 0 atom stereocenters. The van der Waals surface area contributed by atoms with Gasteiger partial charge in [-0.05, 0) is 55.5 Å². The lowest BCUT2D eigenvalue weighted by molar-refractivity contribution is -0.134. The monoisotopic (exact) mass is 551 g/mol. The number of carbonyl (C=O) groups is 1. The van der Waals surface area contributed by atoms with Crippen LogP contribution in [0.2, 0.25) is 0 Å². The minimum atomic E-state index is -0.674. The first-order valence-electron chi connectivity index (χ1n) is 8.60. The summed E-state index contributed by atoms with van der Waals surface area (Å²) in [4.78, 5) is 16.4. The van der Waals surface area contributed by atoms with Crippen LogP contribution in [0.25, 0.3) is 0 Å². The van der Waals surface area contributed by atoms with Gasteiger partial charge in [-0.25, -0.2) is 4.79 Å². The van der Waals surface area contributed by atoms with E-state index in [0.29, 0.717) is 11.4 Å². The summed E-state index contributed by atoms with van der Waals surface area (Å²) in [6.07, 6.45) is 0. The number of carbonyl (C=O) groups excluding carboxylic acids is 1. The Hall–Kier alpha value is -2.63. The van der Waals surface area contributed by atoms with E-state index in [-0.39, 0.29) is 28.2 Å². The largest absolute Gasteiger partial charge is 0.491 e. The number of aromatic hydroxyl groups is 1. The third-order valence-corrected chi connectivity index (χ3v) is 5.48. The van der Waals surface area contributed by atoms with Crippen LogP contribution in [0, 0.1) is 0 Å². The molecule has 0 amide bonds. The number of halogens is 2. The van der Waals surface area contributed by atoms with Gasteiger partial charge < -0.3 is 9.84 Å². The van der Waals surface area contributed by atoms with Crippen molar-refractivity contribution in [2.45, 2.75) is 6.92 Å². The number of nitrogens with zero attached hydrogens (tertiary/aromatic N) is 4. The Morgan fingerprint density at radius 1 is 1.10 bits per heavy atom. The lowest BCUT2D eigenvalue weighted by atomic mass is 10.3. The van der Waals surface area contributed by atoms with Crippen molar-refractivity contribution in [1.82, 2.24) is 4.98 Å². The zero-order valence-corrected chi connectivity index (χ0v) is 19.5. The number of hydrogen-bond donors (Lipinski definition) is 2. The van der Waals surface area contributed by atoms with Crippen molar-refractivity contribution in [3.8, 4) is 5.88 Å². The average Bonchev–Trinajstić information content (AvgIpc) is 3.09. The summed E-state index contributed by atoms with van der Waals surface area (Å²) in [5.74, 6) is -1.02.